The van der Waals surface area contributed by atoms with Gasteiger partial charge in [-0.15, -0.1) is 0 Å². The second-order valence-electron chi connectivity index (χ2n) is 8.08. The first-order chi connectivity index (χ1) is 15.9. The summed E-state index contributed by atoms with van der Waals surface area (Å²) >= 11 is 0. The Kier molecular flexibility index (Phi) is 8.85. The molecule has 0 aromatic heterocycles. The van der Waals surface area contributed by atoms with Gasteiger partial charge in [-0.2, -0.15) is 9.41 Å². The van der Waals surface area contributed by atoms with Crippen LogP contribution in [0.2, 0.25) is 0 Å². The highest BCUT2D eigenvalue weighted by molar-refractivity contribution is 7.88. The summed E-state index contributed by atoms with van der Waals surface area (Å²) in [6.07, 6.45) is 7.24. The molecule has 1 saturated carbocycles. The van der Waals surface area contributed by atoms with Crippen molar-refractivity contribution in [2.75, 3.05) is 19.9 Å². The summed E-state index contributed by atoms with van der Waals surface area (Å²) in [4.78, 5) is 12.4. The van der Waals surface area contributed by atoms with Crippen LogP contribution in [0, 0.1) is 0 Å². The number of nitrogens with one attached hydrogen (secondary N) is 1. The van der Waals surface area contributed by atoms with Gasteiger partial charge < -0.3 is 9.47 Å². The second kappa shape index (κ2) is 11.8. The molecule has 0 atom stereocenters. The van der Waals surface area contributed by atoms with Crippen molar-refractivity contribution in [2.24, 2.45) is 5.10 Å². The Hall–Kier alpha value is -2.91. The fraction of sp³-hybridized carbons (Fsp3) is 0.417. The van der Waals surface area contributed by atoms with Gasteiger partial charge in [-0.1, -0.05) is 49.6 Å². The number of benzene rings is 2. The number of carbonyl (C=O) groups is 1. The van der Waals surface area contributed by atoms with E-state index in [9.17, 15) is 13.2 Å². The van der Waals surface area contributed by atoms with E-state index in [1.165, 1.54) is 10.5 Å². The Morgan fingerprint density at radius 3 is 2.52 bits per heavy atom. The summed E-state index contributed by atoms with van der Waals surface area (Å²) in [6, 6.07) is 15.0. The van der Waals surface area contributed by atoms with Gasteiger partial charge in [0.05, 0.1) is 26.1 Å². The Morgan fingerprint density at radius 1 is 1.12 bits per heavy atom. The summed E-state index contributed by atoms with van der Waals surface area (Å²) < 4.78 is 36.9. The summed E-state index contributed by atoms with van der Waals surface area (Å²) in [5, 5.41) is 3.98. The number of rotatable bonds is 10. The monoisotopic (exact) mass is 473 g/mol. The lowest BCUT2D eigenvalue weighted by Crippen LogP contribution is -2.45. The van der Waals surface area contributed by atoms with Crippen LogP contribution in [-0.2, 0) is 21.4 Å². The van der Waals surface area contributed by atoms with Gasteiger partial charge in [-0.05, 0) is 42.2 Å². The summed E-state index contributed by atoms with van der Waals surface area (Å²) in [5.74, 6) is 0.664. The molecule has 0 saturated heterocycles. The molecule has 1 N–H and O–H groups in total. The average molecular weight is 474 g/mol. The van der Waals surface area contributed by atoms with E-state index in [2.05, 4.69) is 10.5 Å². The first kappa shape index (κ1) is 24.7. The molecule has 1 fully saturated rings. The van der Waals surface area contributed by atoms with Gasteiger partial charge in [0.2, 0.25) is 10.0 Å². The third-order valence-corrected chi connectivity index (χ3v) is 6.81. The number of amides is 1. The van der Waals surface area contributed by atoms with Gasteiger partial charge in [0.25, 0.3) is 5.91 Å². The first-order valence-electron chi connectivity index (χ1n) is 11.0. The number of sulfonamides is 1. The number of nitrogens with zero attached hydrogens (tertiary/aromatic N) is 2. The van der Waals surface area contributed by atoms with E-state index in [-0.39, 0.29) is 12.6 Å². The minimum Gasteiger partial charge on any atom is -0.493 e. The largest absolute Gasteiger partial charge is 0.493 e. The standard InChI is InChI=1S/C24H31N3O5S/c1-31-23-15-20(13-14-22(23)32-18-19-9-5-3-6-10-19)16-25-26-24(28)17-27(33(2,29)30)21-11-7-4-8-12-21/h3,5-6,9-10,13-16,21H,4,7-8,11-12,17-18H2,1-2H3,(H,26,28). The molecule has 0 radical (unpaired) electrons. The second-order valence-corrected chi connectivity index (χ2v) is 10.0. The van der Waals surface area contributed by atoms with Gasteiger partial charge in [-0.25, -0.2) is 13.8 Å². The molecule has 1 amide bonds. The van der Waals surface area contributed by atoms with E-state index < -0.39 is 15.9 Å². The van der Waals surface area contributed by atoms with Gasteiger partial charge in [0.1, 0.15) is 6.61 Å². The molecule has 2 aromatic rings. The van der Waals surface area contributed by atoms with Crippen molar-refractivity contribution >= 4 is 22.1 Å². The van der Waals surface area contributed by atoms with Crippen LogP contribution in [0.3, 0.4) is 0 Å². The van der Waals surface area contributed by atoms with E-state index in [4.69, 9.17) is 9.47 Å². The molecule has 0 heterocycles. The van der Waals surface area contributed by atoms with Gasteiger partial charge in [-0.3, -0.25) is 4.79 Å². The third kappa shape index (κ3) is 7.57. The minimum absolute atomic E-state index is 0.129. The van der Waals surface area contributed by atoms with E-state index in [0.717, 1.165) is 43.9 Å². The highest BCUT2D eigenvalue weighted by Gasteiger charge is 2.29. The SMILES string of the molecule is COc1cc(C=NNC(=O)CN(C2CCCCC2)S(C)(=O)=O)ccc1OCc1ccccc1. The number of hydrogen-bond donors (Lipinski definition) is 1. The van der Waals surface area contributed by atoms with Crippen LogP contribution in [0.4, 0.5) is 0 Å². The van der Waals surface area contributed by atoms with Crippen molar-refractivity contribution in [3.8, 4) is 11.5 Å². The van der Waals surface area contributed by atoms with Crippen molar-refractivity contribution in [2.45, 2.75) is 44.8 Å². The number of carbonyl (C=O) groups excluding carboxylic acids is 1. The quantitative estimate of drug-likeness (QED) is 0.422. The van der Waals surface area contributed by atoms with Crippen LogP contribution in [0.5, 0.6) is 11.5 Å². The van der Waals surface area contributed by atoms with Crippen LogP contribution in [-0.4, -0.2) is 50.8 Å². The third-order valence-electron chi connectivity index (χ3n) is 5.54. The molecule has 9 heteroatoms. The fourth-order valence-electron chi connectivity index (χ4n) is 3.86. The normalized spacial score (nSPS) is 15.0. The van der Waals surface area contributed by atoms with Gasteiger partial charge in [0.15, 0.2) is 11.5 Å². The van der Waals surface area contributed by atoms with Crippen molar-refractivity contribution in [1.29, 1.82) is 0 Å². The molecule has 0 unspecified atom stereocenters. The first-order valence-corrected chi connectivity index (χ1v) is 12.8. The number of ether oxygens (including phenoxy) is 2. The summed E-state index contributed by atoms with van der Waals surface area (Å²) in [7, 11) is -1.93. The molecular formula is C24H31N3O5S. The zero-order chi connectivity index (χ0) is 23.7. The topological polar surface area (TPSA) is 97.3 Å². The van der Waals surface area contributed by atoms with E-state index in [1.54, 1.807) is 25.3 Å². The van der Waals surface area contributed by atoms with E-state index >= 15 is 0 Å². The molecule has 1 aliphatic carbocycles. The van der Waals surface area contributed by atoms with E-state index in [1.807, 2.05) is 30.3 Å². The molecule has 0 bridgehead atoms. The van der Waals surface area contributed by atoms with Crippen LogP contribution in [0.25, 0.3) is 0 Å². The Labute approximate surface area is 195 Å². The maximum atomic E-state index is 12.4. The van der Waals surface area contributed by atoms with Gasteiger partial charge >= 0.3 is 0 Å². The summed E-state index contributed by atoms with van der Waals surface area (Å²) in [6.45, 7) is 0.176. The number of methoxy groups -OCH3 is 1. The van der Waals surface area contributed by atoms with E-state index in [0.29, 0.717) is 23.7 Å². The molecule has 33 heavy (non-hydrogen) atoms. The molecule has 3 rings (SSSR count). The average Bonchev–Trinajstić information content (AvgIpc) is 2.82. The zero-order valence-corrected chi connectivity index (χ0v) is 19.9. The predicted molar refractivity (Wildman–Crippen MR) is 128 cm³/mol. The molecule has 1 aliphatic rings. The lowest BCUT2D eigenvalue weighted by Gasteiger charge is -2.31. The van der Waals surface area contributed by atoms with Crippen LogP contribution in [0.1, 0.15) is 43.2 Å². The molecule has 178 valence electrons. The Balaban J connectivity index is 1.57. The van der Waals surface area contributed by atoms with Crippen LogP contribution in [0.15, 0.2) is 53.6 Å². The fourth-order valence-corrected chi connectivity index (χ4v) is 4.97. The van der Waals surface area contributed by atoms with Crippen molar-refractivity contribution < 1.29 is 22.7 Å². The van der Waals surface area contributed by atoms with Crippen molar-refractivity contribution in [3.63, 3.8) is 0 Å². The maximum absolute atomic E-state index is 12.4. The predicted octanol–water partition coefficient (Wildman–Crippen LogP) is 3.32. The molecule has 2 aromatic carbocycles. The minimum atomic E-state index is -3.49. The van der Waals surface area contributed by atoms with Crippen LogP contribution < -0.4 is 14.9 Å². The molecular weight excluding hydrogens is 442 g/mol. The maximum Gasteiger partial charge on any atom is 0.255 e. The van der Waals surface area contributed by atoms with Crippen molar-refractivity contribution in [1.82, 2.24) is 9.73 Å². The number of hydrogen-bond acceptors (Lipinski definition) is 6. The van der Waals surface area contributed by atoms with Gasteiger partial charge in [0, 0.05) is 6.04 Å². The highest BCUT2D eigenvalue weighted by atomic mass is 32.2. The van der Waals surface area contributed by atoms with Crippen LogP contribution >= 0.6 is 0 Å². The molecule has 8 nitrogen and oxygen atoms in total. The number of hydrazone groups is 1. The Morgan fingerprint density at radius 2 is 1.85 bits per heavy atom. The molecule has 0 spiro atoms. The van der Waals surface area contributed by atoms with Crippen molar-refractivity contribution in [3.05, 3.63) is 59.7 Å². The highest BCUT2D eigenvalue weighted by Crippen LogP contribution is 2.28. The lowest BCUT2D eigenvalue weighted by atomic mass is 9.95. The Bertz CT molecular complexity index is 1050. The summed E-state index contributed by atoms with van der Waals surface area (Å²) in [5.41, 5.74) is 4.17. The lowest BCUT2D eigenvalue weighted by molar-refractivity contribution is -0.121. The smallest absolute Gasteiger partial charge is 0.255 e. The molecule has 0 aliphatic heterocycles. The zero-order valence-electron chi connectivity index (χ0n) is 19.1.